The van der Waals surface area contributed by atoms with Gasteiger partial charge in [0.05, 0.1) is 6.10 Å². The molecule has 2 fully saturated rings. The van der Waals surface area contributed by atoms with E-state index in [-0.39, 0.29) is 6.10 Å². The topological polar surface area (TPSA) is 20.2 Å². The summed E-state index contributed by atoms with van der Waals surface area (Å²) in [4.78, 5) is 0. The van der Waals surface area contributed by atoms with E-state index in [0.29, 0.717) is 0 Å². The van der Waals surface area contributed by atoms with Gasteiger partial charge >= 0.3 is 0 Å². The molecule has 0 aromatic rings. The van der Waals surface area contributed by atoms with Crippen LogP contribution in [-0.2, 0) is 0 Å². The zero-order valence-electron chi connectivity index (χ0n) is 5.56. The van der Waals surface area contributed by atoms with Crippen LogP contribution in [0, 0.1) is 0 Å². The third-order valence-corrected chi connectivity index (χ3v) is 2.50. The third kappa shape index (κ3) is 0.715. The van der Waals surface area contributed by atoms with Gasteiger partial charge in [0.2, 0.25) is 0 Å². The lowest BCUT2D eigenvalue weighted by Gasteiger charge is -2.32. The van der Waals surface area contributed by atoms with E-state index in [4.69, 9.17) is 0 Å². The Bertz CT molecular complexity index is 152. The number of hydrogen-bond acceptors (Lipinski definition) is 1. The van der Waals surface area contributed by atoms with Crippen LogP contribution in [0.4, 0.5) is 0 Å². The van der Waals surface area contributed by atoms with Crippen LogP contribution in [0.25, 0.3) is 0 Å². The molecule has 0 bridgehead atoms. The van der Waals surface area contributed by atoms with E-state index < -0.39 is 0 Å². The average Bonchev–Trinajstić information content (AvgIpc) is 1.74. The first kappa shape index (κ1) is 5.48. The number of allylic oxidation sites excluding steroid dienone is 1. The lowest BCUT2D eigenvalue weighted by atomic mass is 9.77. The molecule has 50 valence electrons. The summed E-state index contributed by atoms with van der Waals surface area (Å²) in [6.45, 7) is 0. The summed E-state index contributed by atoms with van der Waals surface area (Å²) < 4.78 is 0. The van der Waals surface area contributed by atoms with Crippen LogP contribution in [0.15, 0.2) is 11.1 Å². The van der Waals surface area contributed by atoms with Crippen LogP contribution in [-0.4, -0.2) is 11.2 Å². The van der Waals surface area contributed by atoms with E-state index in [0.717, 1.165) is 6.42 Å². The van der Waals surface area contributed by atoms with E-state index in [1.807, 2.05) is 0 Å². The van der Waals surface area contributed by atoms with E-state index in [1.54, 1.807) is 5.57 Å². The molecule has 9 heavy (non-hydrogen) atoms. The van der Waals surface area contributed by atoms with Crippen molar-refractivity contribution >= 4 is 0 Å². The summed E-state index contributed by atoms with van der Waals surface area (Å²) in [6, 6.07) is 0. The molecule has 2 aliphatic rings. The van der Waals surface area contributed by atoms with Gasteiger partial charge in [-0.1, -0.05) is 5.57 Å². The predicted molar refractivity (Wildman–Crippen MR) is 36.1 cm³/mol. The van der Waals surface area contributed by atoms with E-state index in [9.17, 15) is 5.11 Å². The molecule has 0 amide bonds. The molecule has 2 rings (SSSR count). The van der Waals surface area contributed by atoms with Crippen molar-refractivity contribution in [2.45, 2.75) is 38.2 Å². The highest BCUT2D eigenvalue weighted by atomic mass is 16.3. The maximum atomic E-state index is 9.19. The van der Waals surface area contributed by atoms with Crippen LogP contribution in [0.3, 0.4) is 0 Å². The van der Waals surface area contributed by atoms with Crippen LogP contribution in [0.5, 0.6) is 0 Å². The fraction of sp³-hybridized carbons (Fsp3) is 0.750. The molecule has 0 heterocycles. The highest BCUT2D eigenvalue weighted by Crippen LogP contribution is 2.38. The standard InChI is InChI=1S/C8H12O/c9-8-5-4-7(8)6-2-1-3-6/h8-9H,1-5H2. The molecule has 1 N–H and O–H groups in total. The summed E-state index contributed by atoms with van der Waals surface area (Å²) >= 11 is 0. The summed E-state index contributed by atoms with van der Waals surface area (Å²) in [6.07, 6.45) is 6.04. The van der Waals surface area contributed by atoms with Crippen LogP contribution in [0.1, 0.15) is 32.1 Å². The minimum atomic E-state index is -0.0414. The second-order valence-electron chi connectivity index (χ2n) is 3.04. The van der Waals surface area contributed by atoms with Crippen LogP contribution in [0.2, 0.25) is 0 Å². The molecule has 0 spiro atoms. The second-order valence-corrected chi connectivity index (χ2v) is 3.04. The Morgan fingerprint density at radius 1 is 1.22 bits per heavy atom. The number of hydrogen-bond donors (Lipinski definition) is 1. The van der Waals surface area contributed by atoms with Crippen molar-refractivity contribution in [3.05, 3.63) is 11.1 Å². The van der Waals surface area contributed by atoms with Gasteiger partial charge in [-0.15, -0.1) is 0 Å². The predicted octanol–water partition coefficient (Wildman–Crippen LogP) is 1.62. The lowest BCUT2D eigenvalue weighted by molar-refractivity contribution is 0.152. The lowest BCUT2D eigenvalue weighted by Crippen LogP contribution is -2.24. The van der Waals surface area contributed by atoms with Crippen LogP contribution < -0.4 is 0 Å². The Morgan fingerprint density at radius 3 is 2.11 bits per heavy atom. The first-order chi connectivity index (χ1) is 4.38. The SMILES string of the molecule is OC1CCC1=C1CCC1. The Balaban J connectivity index is 2.10. The number of rotatable bonds is 0. The monoisotopic (exact) mass is 124 g/mol. The van der Waals surface area contributed by atoms with Crippen molar-refractivity contribution < 1.29 is 5.11 Å². The molecule has 0 aliphatic heterocycles. The van der Waals surface area contributed by atoms with Gasteiger partial charge in [-0.25, -0.2) is 0 Å². The molecule has 1 unspecified atom stereocenters. The van der Waals surface area contributed by atoms with Crippen LogP contribution >= 0.6 is 0 Å². The van der Waals surface area contributed by atoms with E-state index in [1.165, 1.54) is 31.3 Å². The van der Waals surface area contributed by atoms with Gasteiger partial charge < -0.3 is 5.11 Å². The van der Waals surface area contributed by atoms with Gasteiger partial charge in [-0.3, -0.25) is 0 Å². The second kappa shape index (κ2) is 1.84. The van der Waals surface area contributed by atoms with E-state index >= 15 is 0 Å². The highest BCUT2D eigenvalue weighted by Gasteiger charge is 2.26. The first-order valence-electron chi connectivity index (χ1n) is 3.77. The minimum absolute atomic E-state index is 0.0414. The number of aliphatic hydroxyl groups is 1. The Kier molecular flexibility index (Phi) is 1.12. The highest BCUT2D eigenvalue weighted by molar-refractivity contribution is 5.27. The number of aliphatic hydroxyl groups excluding tert-OH is 1. The van der Waals surface area contributed by atoms with Gasteiger partial charge in [0.1, 0.15) is 0 Å². The quantitative estimate of drug-likeness (QED) is 0.486. The zero-order chi connectivity index (χ0) is 6.27. The fourth-order valence-corrected chi connectivity index (χ4v) is 1.50. The maximum absolute atomic E-state index is 9.19. The Morgan fingerprint density at radius 2 is 2.00 bits per heavy atom. The summed E-state index contributed by atoms with van der Waals surface area (Å²) in [7, 11) is 0. The zero-order valence-corrected chi connectivity index (χ0v) is 5.56. The molecule has 2 aliphatic carbocycles. The van der Waals surface area contributed by atoms with E-state index in [2.05, 4.69) is 0 Å². The largest absolute Gasteiger partial charge is 0.389 e. The Hall–Kier alpha value is -0.300. The molecule has 2 saturated carbocycles. The van der Waals surface area contributed by atoms with Crippen molar-refractivity contribution in [2.75, 3.05) is 0 Å². The molecule has 0 saturated heterocycles. The normalized spacial score (nSPS) is 33.7. The molecule has 0 aromatic carbocycles. The molecular weight excluding hydrogens is 112 g/mol. The van der Waals surface area contributed by atoms with Gasteiger partial charge in [0.15, 0.2) is 0 Å². The third-order valence-electron chi connectivity index (χ3n) is 2.50. The van der Waals surface area contributed by atoms with Gasteiger partial charge in [-0.2, -0.15) is 0 Å². The fourth-order valence-electron chi connectivity index (χ4n) is 1.50. The molecule has 1 atom stereocenters. The first-order valence-corrected chi connectivity index (χ1v) is 3.77. The van der Waals surface area contributed by atoms with Crippen molar-refractivity contribution in [1.29, 1.82) is 0 Å². The van der Waals surface area contributed by atoms with Crippen molar-refractivity contribution in [1.82, 2.24) is 0 Å². The molecule has 0 radical (unpaired) electrons. The molecule has 0 aromatic heterocycles. The molecule has 1 heteroatoms. The van der Waals surface area contributed by atoms with Gasteiger partial charge in [-0.05, 0) is 37.7 Å². The smallest absolute Gasteiger partial charge is 0.0755 e. The summed E-state index contributed by atoms with van der Waals surface area (Å²) in [5, 5.41) is 9.19. The maximum Gasteiger partial charge on any atom is 0.0755 e. The summed E-state index contributed by atoms with van der Waals surface area (Å²) in [5.74, 6) is 0. The average molecular weight is 124 g/mol. The Labute approximate surface area is 55.4 Å². The van der Waals surface area contributed by atoms with Crippen molar-refractivity contribution in [3.8, 4) is 0 Å². The van der Waals surface area contributed by atoms with Crippen molar-refractivity contribution in [3.63, 3.8) is 0 Å². The minimum Gasteiger partial charge on any atom is -0.389 e. The summed E-state index contributed by atoms with van der Waals surface area (Å²) in [5.41, 5.74) is 2.94. The van der Waals surface area contributed by atoms with Gasteiger partial charge in [0, 0.05) is 0 Å². The molecular formula is C8H12O. The molecule has 1 nitrogen and oxygen atoms in total. The van der Waals surface area contributed by atoms with Gasteiger partial charge in [0.25, 0.3) is 0 Å². The van der Waals surface area contributed by atoms with Crippen molar-refractivity contribution in [2.24, 2.45) is 0 Å².